The number of hydrogen-bond donors (Lipinski definition) is 0. The van der Waals surface area contributed by atoms with Gasteiger partial charge >= 0.3 is 11.7 Å². The Kier molecular flexibility index (Phi) is 4.86. The Bertz CT molecular complexity index is 967. The van der Waals surface area contributed by atoms with Crippen LogP contribution in [0.5, 0.6) is 5.75 Å². The van der Waals surface area contributed by atoms with Crippen LogP contribution in [0.3, 0.4) is 0 Å². The van der Waals surface area contributed by atoms with Crippen molar-refractivity contribution in [3.8, 4) is 5.75 Å². The molecular formula is C20H19NO6S. The third kappa shape index (κ3) is 3.07. The third-order valence-electron chi connectivity index (χ3n) is 5.02. The number of esters is 1. The minimum Gasteiger partial charge on any atom is -0.416 e. The second-order valence-electron chi connectivity index (χ2n) is 6.73. The first-order valence-electron chi connectivity index (χ1n) is 8.94. The predicted octanol–water partition coefficient (Wildman–Crippen LogP) is 4.13. The molecule has 2 aliphatic rings. The molecule has 0 bridgehead atoms. The quantitative estimate of drug-likeness (QED) is 0.331. The number of nitro benzene ring substituents is 1. The van der Waals surface area contributed by atoms with Crippen LogP contribution in [-0.4, -0.2) is 29.9 Å². The summed E-state index contributed by atoms with van der Waals surface area (Å²) in [6.45, 7) is 4.79. The number of carbonyl (C=O) groups excluding carboxylic acids is 1. The van der Waals surface area contributed by atoms with Crippen LogP contribution in [0, 0.1) is 24.0 Å². The second-order valence-corrected chi connectivity index (χ2v) is 7.84. The van der Waals surface area contributed by atoms with Crippen LogP contribution in [0.4, 0.5) is 5.69 Å². The molecule has 1 saturated heterocycles. The van der Waals surface area contributed by atoms with Crippen LogP contribution < -0.4 is 4.74 Å². The Morgan fingerprint density at radius 3 is 2.68 bits per heavy atom. The Hall–Kier alpha value is -2.42. The highest BCUT2D eigenvalue weighted by Crippen LogP contribution is 2.49. The molecule has 0 aromatic heterocycles. The minimum atomic E-state index is -0.829. The van der Waals surface area contributed by atoms with Gasteiger partial charge in [0.05, 0.1) is 23.7 Å². The zero-order valence-electron chi connectivity index (χ0n) is 15.5. The maximum absolute atomic E-state index is 12.9. The second kappa shape index (κ2) is 7.20. The van der Waals surface area contributed by atoms with Gasteiger partial charge < -0.3 is 14.2 Å². The van der Waals surface area contributed by atoms with E-state index in [9.17, 15) is 14.9 Å². The van der Waals surface area contributed by atoms with E-state index in [4.69, 9.17) is 14.2 Å². The molecule has 2 heterocycles. The highest BCUT2D eigenvalue weighted by atomic mass is 32.2. The van der Waals surface area contributed by atoms with E-state index in [1.165, 1.54) is 18.2 Å². The van der Waals surface area contributed by atoms with E-state index >= 15 is 0 Å². The summed E-state index contributed by atoms with van der Waals surface area (Å²) in [5, 5.41) is 11.2. The van der Waals surface area contributed by atoms with Gasteiger partial charge in [0, 0.05) is 28.7 Å². The summed E-state index contributed by atoms with van der Waals surface area (Å²) in [4.78, 5) is 24.6. The van der Waals surface area contributed by atoms with Crippen LogP contribution in [-0.2, 0) is 15.3 Å². The number of para-hydroxylation sites is 2. The SMILES string of the molecule is Cc1cc(C(=O)Oc2ccccc2[N+](=O)[O-])c(C)c2c1SCCC21OCCO1. The van der Waals surface area contributed by atoms with Gasteiger partial charge in [-0.1, -0.05) is 12.1 Å². The van der Waals surface area contributed by atoms with Gasteiger partial charge in [0.1, 0.15) is 0 Å². The molecule has 8 heteroatoms. The lowest BCUT2D eigenvalue weighted by Gasteiger charge is -2.36. The molecule has 0 amide bonds. The van der Waals surface area contributed by atoms with Crippen LogP contribution in [0.25, 0.3) is 0 Å². The van der Waals surface area contributed by atoms with E-state index in [-0.39, 0.29) is 11.4 Å². The number of ether oxygens (including phenoxy) is 3. The zero-order chi connectivity index (χ0) is 19.9. The van der Waals surface area contributed by atoms with Gasteiger partial charge in [0.15, 0.2) is 5.79 Å². The van der Waals surface area contributed by atoms with Gasteiger partial charge in [-0.15, -0.1) is 11.8 Å². The molecule has 2 aliphatic heterocycles. The summed E-state index contributed by atoms with van der Waals surface area (Å²) in [6, 6.07) is 7.61. The number of rotatable bonds is 3. The number of hydrogen-bond acceptors (Lipinski definition) is 7. The monoisotopic (exact) mass is 401 g/mol. The van der Waals surface area contributed by atoms with Gasteiger partial charge in [-0.05, 0) is 37.1 Å². The first kappa shape index (κ1) is 18.9. The molecule has 1 fully saturated rings. The van der Waals surface area contributed by atoms with E-state index in [0.29, 0.717) is 25.2 Å². The van der Waals surface area contributed by atoms with Gasteiger partial charge in [-0.25, -0.2) is 4.79 Å². The molecule has 28 heavy (non-hydrogen) atoms. The highest BCUT2D eigenvalue weighted by molar-refractivity contribution is 7.99. The molecular weight excluding hydrogens is 382 g/mol. The zero-order valence-corrected chi connectivity index (χ0v) is 16.3. The van der Waals surface area contributed by atoms with E-state index < -0.39 is 16.7 Å². The highest BCUT2D eigenvalue weighted by Gasteiger charge is 2.45. The fourth-order valence-corrected chi connectivity index (χ4v) is 5.07. The predicted molar refractivity (Wildman–Crippen MR) is 103 cm³/mol. The standard InChI is InChI=1S/C20H19NO6S/c1-12-11-14(19(22)27-16-6-4-3-5-15(16)21(23)24)13(2)17-18(12)28-10-7-20(17)25-8-9-26-20/h3-6,11H,7-10H2,1-2H3. The lowest BCUT2D eigenvalue weighted by atomic mass is 9.91. The fourth-order valence-electron chi connectivity index (χ4n) is 3.75. The van der Waals surface area contributed by atoms with Crippen molar-refractivity contribution in [1.82, 2.24) is 0 Å². The number of nitrogens with zero attached hydrogens (tertiary/aromatic N) is 1. The number of fused-ring (bicyclic) bond motifs is 2. The molecule has 0 radical (unpaired) electrons. The van der Waals surface area contributed by atoms with Crippen LogP contribution in [0.15, 0.2) is 35.2 Å². The van der Waals surface area contributed by atoms with Crippen molar-refractivity contribution in [3.63, 3.8) is 0 Å². The van der Waals surface area contributed by atoms with E-state index in [0.717, 1.165) is 27.3 Å². The van der Waals surface area contributed by atoms with Crippen LogP contribution >= 0.6 is 11.8 Å². The Morgan fingerprint density at radius 1 is 1.25 bits per heavy atom. The average molecular weight is 401 g/mol. The lowest BCUT2D eigenvalue weighted by Crippen LogP contribution is -2.33. The molecule has 2 aromatic carbocycles. The van der Waals surface area contributed by atoms with Crippen molar-refractivity contribution in [2.24, 2.45) is 0 Å². The molecule has 0 saturated carbocycles. The van der Waals surface area contributed by atoms with Gasteiger partial charge in [-0.2, -0.15) is 0 Å². The van der Waals surface area contributed by atoms with Gasteiger partial charge in [-0.3, -0.25) is 10.1 Å². The van der Waals surface area contributed by atoms with Crippen molar-refractivity contribution in [1.29, 1.82) is 0 Å². The molecule has 7 nitrogen and oxygen atoms in total. The summed E-state index contributed by atoms with van der Waals surface area (Å²) in [5.74, 6) is -0.677. The smallest absolute Gasteiger partial charge is 0.344 e. The summed E-state index contributed by atoms with van der Waals surface area (Å²) in [7, 11) is 0. The van der Waals surface area contributed by atoms with E-state index in [2.05, 4.69) is 0 Å². The lowest BCUT2D eigenvalue weighted by molar-refractivity contribution is -0.385. The van der Waals surface area contributed by atoms with Crippen LogP contribution in [0.1, 0.15) is 33.5 Å². The van der Waals surface area contributed by atoms with Gasteiger partial charge in [0.25, 0.3) is 0 Å². The Morgan fingerprint density at radius 2 is 1.96 bits per heavy atom. The van der Waals surface area contributed by atoms with Crippen molar-refractivity contribution >= 4 is 23.4 Å². The molecule has 0 unspecified atom stereocenters. The minimum absolute atomic E-state index is 0.0790. The van der Waals surface area contributed by atoms with Crippen molar-refractivity contribution in [2.75, 3.05) is 19.0 Å². The first-order valence-corrected chi connectivity index (χ1v) is 9.92. The average Bonchev–Trinajstić information content (AvgIpc) is 3.13. The van der Waals surface area contributed by atoms with Crippen molar-refractivity contribution in [2.45, 2.75) is 31.0 Å². The van der Waals surface area contributed by atoms with E-state index in [1.54, 1.807) is 23.9 Å². The molecule has 1 spiro atoms. The number of carbonyl (C=O) groups is 1. The van der Waals surface area contributed by atoms with Gasteiger partial charge in [0.2, 0.25) is 5.75 Å². The van der Waals surface area contributed by atoms with Crippen molar-refractivity contribution < 1.29 is 23.9 Å². The number of aryl methyl sites for hydroxylation is 1. The summed E-state index contributed by atoms with van der Waals surface area (Å²) in [5.41, 5.74) is 2.63. The summed E-state index contributed by atoms with van der Waals surface area (Å²) in [6.07, 6.45) is 0.702. The first-order chi connectivity index (χ1) is 13.4. The molecule has 146 valence electrons. The topological polar surface area (TPSA) is 87.9 Å². The molecule has 0 atom stereocenters. The largest absolute Gasteiger partial charge is 0.416 e. The maximum atomic E-state index is 12.9. The molecule has 0 aliphatic carbocycles. The third-order valence-corrected chi connectivity index (χ3v) is 6.24. The van der Waals surface area contributed by atoms with Crippen LogP contribution in [0.2, 0.25) is 0 Å². The molecule has 4 rings (SSSR count). The van der Waals surface area contributed by atoms with E-state index in [1.807, 2.05) is 13.8 Å². The number of thioether (sulfide) groups is 1. The fraction of sp³-hybridized carbons (Fsp3) is 0.350. The molecule has 0 N–H and O–H groups in total. The van der Waals surface area contributed by atoms with Crippen molar-refractivity contribution in [3.05, 3.63) is 62.7 Å². The number of nitro groups is 1. The number of benzene rings is 2. The Balaban J connectivity index is 1.76. The maximum Gasteiger partial charge on any atom is 0.344 e. The Labute approximate surface area is 166 Å². The summed E-state index contributed by atoms with van der Waals surface area (Å²) >= 11 is 1.72. The summed E-state index contributed by atoms with van der Waals surface area (Å²) < 4.78 is 17.3. The normalized spacial score (nSPS) is 17.4. The molecule has 2 aromatic rings.